The first-order chi connectivity index (χ1) is 8.61. The van der Waals surface area contributed by atoms with Gasteiger partial charge in [-0.1, -0.05) is 0 Å². The molecule has 1 aromatic carbocycles. The number of phenolic OH excluding ortho intramolecular Hbond substituents is 2. The molecule has 1 heterocycles. The summed E-state index contributed by atoms with van der Waals surface area (Å²) in [5.41, 5.74) is 0.321. The number of hydrogen-bond donors (Lipinski definition) is 3. The topological polar surface area (TPSA) is 72.8 Å². The zero-order valence-electron chi connectivity index (χ0n) is 10.4. The summed E-state index contributed by atoms with van der Waals surface area (Å²) in [6.07, 6.45) is 0.935. The van der Waals surface area contributed by atoms with Crippen molar-refractivity contribution in [3.63, 3.8) is 0 Å². The van der Waals surface area contributed by atoms with Crippen molar-refractivity contribution in [1.29, 1.82) is 0 Å². The number of carbonyl (C=O) groups excluding carboxylic acids is 1. The van der Waals surface area contributed by atoms with Crippen LogP contribution in [0.15, 0.2) is 18.2 Å². The summed E-state index contributed by atoms with van der Waals surface area (Å²) in [5, 5.41) is 22.1. The molecular formula is C13H18N2O3. The Bertz CT molecular complexity index is 422. The van der Waals surface area contributed by atoms with Gasteiger partial charge in [-0.25, -0.2) is 0 Å². The third-order valence-electron chi connectivity index (χ3n) is 3.23. The quantitative estimate of drug-likeness (QED) is 0.746. The lowest BCUT2D eigenvalue weighted by Gasteiger charge is -2.27. The first-order valence-electron chi connectivity index (χ1n) is 6.16. The fraction of sp³-hybridized carbons (Fsp3) is 0.462. The number of hydrogen-bond acceptors (Lipinski definition) is 4. The van der Waals surface area contributed by atoms with E-state index in [9.17, 15) is 15.0 Å². The smallest absolute Gasteiger partial charge is 0.254 e. The molecule has 1 aromatic rings. The van der Waals surface area contributed by atoms with Crippen LogP contribution in [-0.4, -0.2) is 46.7 Å². The van der Waals surface area contributed by atoms with Gasteiger partial charge in [0, 0.05) is 30.8 Å². The molecule has 0 radical (unpaired) electrons. The van der Waals surface area contributed by atoms with E-state index in [-0.39, 0.29) is 23.4 Å². The van der Waals surface area contributed by atoms with E-state index in [1.807, 2.05) is 6.92 Å². The summed E-state index contributed by atoms with van der Waals surface area (Å²) >= 11 is 0. The number of rotatable bonds is 3. The molecule has 1 saturated heterocycles. The number of nitrogens with one attached hydrogen (secondary N) is 1. The van der Waals surface area contributed by atoms with E-state index >= 15 is 0 Å². The van der Waals surface area contributed by atoms with Gasteiger partial charge < -0.3 is 20.4 Å². The third-order valence-corrected chi connectivity index (χ3v) is 3.23. The van der Waals surface area contributed by atoms with E-state index in [0.717, 1.165) is 19.5 Å². The van der Waals surface area contributed by atoms with Crippen LogP contribution in [-0.2, 0) is 0 Å². The first-order valence-corrected chi connectivity index (χ1v) is 6.16. The second-order valence-corrected chi connectivity index (χ2v) is 4.48. The Labute approximate surface area is 106 Å². The monoisotopic (exact) mass is 250 g/mol. The van der Waals surface area contributed by atoms with E-state index < -0.39 is 0 Å². The number of amides is 1. The summed E-state index contributed by atoms with van der Waals surface area (Å²) in [7, 11) is 0. The van der Waals surface area contributed by atoms with Crippen LogP contribution >= 0.6 is 0 Å². The van der Waals surface area contributed by atoms with Gasteiger partial charge in [0.25, 0.3) is 5.91 Å². The highest BCUT2D eigenvalue weighted by atomic mass is 16.3. The van der Waals surface area contributed by atoms with E-state index in [1.165, 1.54) is 18.2 Å². The minimum atomic E-state index is -0.155. The lowest BCUT2D eigenvalue weighted by atomic mass is 10.1. The van der Waals surface area contributed by atoms with Gasteiger partial charge in [0.2, 0.25) is 0 Å². The highest BCUT2D eigenvalue weighted by molar-refractivity contribution is 5.95. The summed E-state index contributed by atoms with van der Waals surface area (Å²) in [4.78, 5) is 14.1. The molecule has 0 aromatic heterocycles. The molecular weight excluding hydrogens is 232 g/mol. The van der Waals surface area contributed by atoms with Gasteiger partial charge in [-0.2, -0.15) is 0 Å². The van der Waals surface area contributed by atoms with Gasteiger partial charge in [-0.05, 0) is 32.0 Å². The average molecular weight is 250 g/mol. The Balaban J connectivity index is 2.22. The van der Waals surface area contributed by atoms with Crippen molar-refractivity contribution in [1.82, 2.24) is 10.2 Å². The number of nitrogens with zero attached hydrogens (tertiary/aromatic N) is 1. The van der Waals surface area contributed by atoms with Crippen molar-refractivity contribution in [3.05, 3.63) is 23.8 Å². The molecule has 0 saturated carbocycles. The van der Waals surface area contributed by atoms with Crippen molar-refractivity contribution < 1.29 is 15.0 Å². The van der Waals surface area contributed by atoms with Crippen LogP contribution in [0.3, 0.4) is 0 Å². The predicted octanol–water partition coefficient (Wildman–Crippen LogP) is 0.922. The Morgan fingerprint density at radius 2 is 2.06 bits per heavy atom. The number of carbonyl (C=O) groups is 1. The highest BCUT2D eigenvalue weighted by Gasteiger charge is 2.26. The fourth-order valence-electron chi connectivity index (χ4n) is 2.36. The first kappa shape index (κ1) is 12.7. The second kappa shape index (κ2) is 5.27. The van der Waals surface area contributed by atoms with Gasteiger partial charge in [0.1, 0.15) is 11.5 Å². The minimum Gasteiger partial charge on any atom is -0.508 e. The average Bonchev–Trinajstić information content (AvgIpc) is 2.82. The molecule has 0 spiro atoms. The van der Waals surface area contributed by atoms with Gasteiger partial charge in [-0.3, -0.25) is 4.79 Å². The molecule has 0 aliphatic carbocycles. The Morgan fingerprint density at radius 3 is 2.56 bits per heavy atom. The summed E-state index contributed by atoms with van der Waals surface area (Å²) in [5.74, 6) is -0.352. The van der Waals surface area contributed by atoms with Gasteiger partial charge in [0.15, 0.2) is 0 Å². The number of likely N-dealkylation sites (N-methyl/N-ethyl adjacent to an activating group) is 1. The largest absolute Gasteiger partial charge is 0.508 e. The zero-order chi connectivity index (χ0) is 13.1. The van der Waals surface area contributed by atoms with E-state index in [1.54, 1.807) is 4.90 Å². The number of phenols is 2. The maximum absolute atomic E-state index is 12.3. The maximum Gasteiger partial charge on any atom is 0.254 e. The molecule has 5 heteroatoms. The number of benzene rings is 1. The normalized spacial score (nSPS) is 18.8. The van der Waals surface area contributed by atoms with Gasteiger partial charge in [-0.15, -0.1) is 0 Å². The zero-order valence-corrected chi connectivity index (χ0v) is 10.4. The van der Waals surface area contributed by atoms with Crippen LogP contribution in [0.4, 0.5) is 0 Å². The molecule has 98 valence electrons. The summed E-state index contributed by atoms with van der Waals surface area (Å²) < 4.78 is 0. The highest BCUT2D eigenvalue weighted by Crippen LogP contribution is 2.22. The lowest BCUT2D eigenvalue weighted by molar-refractivity contribution is 0.0703. The van der Waals surface area contributed by atoms with Crippen LogP contribution in [0.5, 0.6) is 11.5 Å². The third kappa shape index (κ3) is 2.56. The molecule has 18 heavy (non-hydrogen) atoms. The van der Waals surface area contributed by atoms with Gasteiger partial charge >= 0.3 is 0 Å². The van der Waals surface area contributed by atoms with Crippen molar-refractivity contribution in [2.75, 3.05) is 19.6 Å². The molecule has 0 bridgehead atoms. The molecule has 1 aliphatic rings. The van der Waals surface area contributed by atoms with E-state index in [4.69, 9.17) is 0 Å². The standard InChI is InChI=1S/C13H18N2O3/c1-2-15(10-3-4-14-8-10)13(18)9-5-11(16)7-12(17)6-9/h5-7,10,14,16-17H,2-4,8H2,1H3. The predicted molar refractivity (Wildman–Crippen MR) is 67.8 cm³/mol. The summed E-state index contributed by atoms with van der Waals surface area (Å²) in [6, 6.07) is 4.16. The molecule has 2 rings (SSSR count). The van der Waals surface area contributed by atoms with E-state index in [2.05, 4.69) is 5.32 Å². The fourth-order valence-corrected chi connectivity index (χ4v) is 2.36. The van der Waals surface area contributed by atoms with Crippen LogP contribution in [0.25, 0.3) is 0 Å². The number of aromatic hydroxyl groups is 2. The Hall–Kier alpha value is -1.75. The lowest BCUT2D eigenvalue weighted by Crippen LogP contribution is -2.41. The van der Waals surface area contributed by atoms with Crippen LogP contribution in [0.1, 0.15) is 23.7 Å². The molecule has 3 N–H and O–H groups in total. The second-order valence-electron chi connectivity index (χ2n) is 4.48. The Kier molecular flexibility index (Phi) is 3.72. The van der Waals surface area contributed by atoms with Crippen molar-refractivity contribution in [2.45, 2.75) is 19.4 Å². The van der Waals surface area contributed by atoms with Crippen LogP contribution in [0, 0.1) is 0 Å². The molecule has 1 aliphatic heterocycles. The van der Waals surface area contributed by atoms with Crippen LogP contribution in [0.2, 0.25) is 0 Å². The van der Waals surface area contributed by atoms with Crippen molar-refractivity contribution in [3.8, 4) is 11.5 Å². The molecule has 1 atom stereocenters. The Morgan fingerprint density at radius 1 is 1.39 bits per heavy atom. The van der Waals surface area contributed by atoms with Gasteiger partial charge in [0.05, 0.1) is 0 Å². The minimum absolute atomic E-state index is 0.0982. The maximum atomic E-state index is 12.3. The molecule has 1 fully saturated rings. The molecule has 1 amide bonds. The van der Waals surface area contributed by atoms with Crippen molar-refractivity contribution in [2.24, 2.45) is 0 Å². The molecule has 1 unspecified atom stereocenters. The summed E-state index contributed by atoms with van der Waals surface area (Å²) in [6.45, 7) is 4.25. The SMILES string of the molecule is CCN(C(=O)c1cc(O)cc(O)c1)C1CCNC1. The van der Waals surface area contributed by atoms with Crippen LogP contribution < -0.4 is 5.32 Å². The van der Waals surface area contributed by atoms with Crippen molar-refractivity contribution >= 4 is 5.91 Å². The van der Waals surface area contributed by atoms with E-state index in [0.29, 0.717) is 12.1 Å². The molecule has 5 nitrogen and oxygen atoms in total.